The molecular weight excluding hydrogens is 276 g/mol. The Bertz CT molecular complexity index is 817. The molecule has 0 aromatic carbocycles. The van der Waals surface area contributed by atoms with Crippen LogP contribution in [-0.2, 0) is 6.54 Å². The second-order valence-corrected chi connectivity index (χ2v) is 5.42. The summed E-state index contributed by atoms with van der Waals surface area (Å²) < 4.78 is 1.42. The Kier molecular flexibility index (Phi) is 3.11. The third-order valence-electron chi connectivity index (χ3n) is 2.83. The van der Waals surface area contributed by atoms with Crippen LogP contribution in [0.15, 0.2) is 34.6 Å². The van der Waals surface area contributed by atoms with E-state index in [9.17, 15) is 9.59 Å². The molecule has 20 heavy (non-hydrogen) atoms. The molecule has 102 valence electrons. The van der Waals surface area contributed by atoms with Crippen LogP contribution in [0, 0.1) is 6.92 Å². The zero-order chi connectivity index (χ0) is 14.1. The van der Waals surface area contributed by atoms with E-state index in [-0.39, 0.29) is 17.2 Å². The lowest BCUT2D eigenvalue weighted by atomic mass is 10.3. The van der Waals surface area contributed by atoms with E-state index in [2.05, 4.69) is 15.4 Å². The van der Waals surface area contributed by atoms with Crippen LogP contribution in [-0.4, -0.2) is 20.5 Å². The molecule has 0 radical (unpaired) electrons. The van der Waals surface area contributed by atoms with Crippen molar-refractivity contribution >= 4 is 22.8 Å². The van der Waals surface area contributed by atoms with Crippen molar-refractivity contribution in [2.24, 2.45) is 0 Å². The van der Waals surface area contributed by atoms with Gasteiger partial charge in [0, 0.05) is 22.8 Å². The number of fused-ring (bicyclic) bond motifs is 1. The minimum Gasteiger partial charge on any atom is -0.346 e. The second-order valence-electron chi connectivity index (χ2n) is 4.39. The van der Waals surface area contributed by atoms with E-state index in [0.29, 0.717) is 17.8 Å². The predicted molar refractivity (Wildman–Crippen MR) is 76.0 cm³/mol. The van der Waals surface area contributed by atoms with E-state index in [0.717, 1.165) is 4.88 Å². The standard InChI is InChI=1S/C13H12N4O2S/c1-8-7-17-11(13(19)15-8)5-10(16-17)12(18)14-6-9-3-2-4-20-9/h2-5,7H,6H2,1H3,(H,14,18)(H,15,19). The first-order valence-corrected chi connectivity index (χ1v) is 6.91. The predicted octanol–water partition coefficient (Wildman–Crippen LogP) is 1.32. The van der Waals surface area contributed by atoms with Gasteiger partial charge in [-0.25, -0.2) is 4.52 Å². The minimum absolute atomic E-state index is 0.234. The monoisotopic (exact) mass is 288 g/mol. The van der Waals surface area contributed by atoms with Crippen molar-refractivity contribution in [3.8, 4) is 0 Å². The van der Waals surface area contributed by atoms with Gasteiger partial charge in [-0.15, -0.1) is 11.3 Å². The van der Waals surface area contributed by atoms with Gasteiger partial charge in [-0.3, -0.25) is 9.59 Å². The van der Waals surface area contributed by atoms with E-state index in [1.54, 1.807) is 24.5 Å². The molecule has 3 aromatic heterocycles. The van der Waals surface area contributed by atoms with Gasteiger partial charge in [0.15, 0.2) is 5.69 Å². The van der Waals surface area contributed by atoms with Crippen molar-refractivity contribution in [3.05, 3.63) is 56.4 Å². The Balaban J connectivity index is 1.85. The number of rotatable bonds is 3. The maximum atomic E-state index is 12.0. The maximum Gasteiger partial charge on any atom is 0.274 e. The summed E-state index contributed by atoms with van der Waals surface area (Å²) in [6, 6.07) is 5.37. The van der Waals surface area contributed by atoms with E-state index in [1.807, 2.05) is 17.5 Å². The number of nitrogens with zero attached hydrogens (tertiary/aromatic N) is 2. The summed E-state index contributed by atoms with van der Waals surface area (Å²) in [5, 5.41) is 8.86. The molecule has 1 amide bonds. The van der Waals surface area contributed by atoms with Crippen LogP contribution in [0.5, 0.6) is 0 Å². The number of carbonyl (C=O) groups is 1. The first kappa shape index (κ1) is 12.6. The molecule has 0 aliphatic rings. The Hall–Kier alpha value is -2.41. The molecular formula is C13H12N4O2S. The summed E-state index contributed by atoms with van der Waals surface area (Å²) in [4.78, 5) is 27.5. The van der Waals surface area contributed by atoms with Crippen LogP contribution in [0.4, 0.5) is 0 Å². The molecule has 3 heterocycles. The lowest BCUT2D eigenvalue weighted by molar-refractivity contribution is 0.0946. The number of hydrogen-bond donors (Lipinski definition) is 2. The van der Waals surface area contributed by atoms with E-state index < -0.39 is 0 Å². The Morgan fingerprint density at radius 2 is 2.40 bits per heavy atom. The summed E-state index contributed by atoms with van der Waals surface area (Å²) in [6.07, 6.45) is 1.67. The van der Waals surface area contributed by atoms with Crippen LogP contribution in [0.3, 0.4) is 0 Å². The number of H-pyrrole nitrogens is 1. The molecule has 3 rings (SSSR count). The Labute approximate surface area is 118 Å². The first-order valence-electron chi connectivity index (χ1n) is 6.03. The molecule has 6 nitrogen and oxygen atoms in total. The molecule has 2 N–H and O–H groups in total. The summed E-state index contributed by atoms with van der Waals surface area (Å²) in [6.45, 7) is 2.22. The number of hydrogen-bond acceptors (Lipinski definition) is 4. The van der Waals surface area contributed by atoms with Crippen LogP contribution < -0.4 is 10.9 Å². The second kappa shape index (κ2) is 4.93. The summed E-state index contributed by atoms with van der Waals surface area (Å²) in [5.41, 5.74) is 1.03. The van der Waals surface area contributed by atoms with Gasteiger partial charge in [0.25, 0.3) is 11.5 Å². The van der Waals surface area contributed by atoms with Gasteiger partial charge >= 0.3 is 0 Å². The molecule has 0 aliphatic carbocycles. The number of thiophene rings is 1. The lowest BCUT2D eigenvalue weighted by Crippen LogP contribution is -2.22. The molecule has 0 unspecified atom stereocenters. The summed E-state index contributed by atoms with van der Waals surface area (Å²) >= 11 is 1.57. The van der Waals surface area contributed by atoms with Gasteiger partial charge in [0.05, 0.1) is 6.54 Å². The number of aromatic amines is 1. The third-order valence-corrected chi connectivity index (χ3v) is 3.71. The van der Waals surface area contributed by atoms with Crippen LogP contribution in [0.1, 0.15) is 21.1 Å². The normalized spacial score (nSPS) is 10.8. The highest BCUT2D eigenvalue weighted by atomic mass is 32.1. The van der Waals surface area contributed by atoms with Gasteiger partial charge in [0.1, 0.15) is 5.52 Å². The van der Waals surface area contributed by atoms with Gasteiger partial charge in [-0.2, -0.15) is 5.10 Å². The van der Waals surface area contributed by atoms with Crippen molar-refractivity contribution in [2.75, 3.05) is 0 Å². The molecule has 3 aromatic rings. The van der Waals surface area contributed by atoms with E-state index >= 15 is 0 Å². The lowest BCUT2D eigenvalue weighted by Gasteiger charge is -1.99. The highest BCUT2D eigenvalue weighted by Gasteiger charge is 2.12. The van der Waals surface area contributed by atoms with Crippen molar-refractivity contribution in [1.82, 2.24) is 19.9 Å². The molecule has 0 spiro atoms. The highest BCUT2D eigenvalue weighted by Crippen LogP contribution is 2.08. The molecule has 0 aliphatic heterocycles. The van der Waals surface area contributed by atoms with Gasteiger partial charge in [-0.05, 0) is 18.4 Å². The zero-order valence-electron chi connectivity index (χ0n) is 10.7. The first-order chi connectivity index (χ1) is 9.63. The molecule has 0 atom stereocenters. The van der Waals surface area contributed by atoms with Crippen LogP contribution in [0.2, 0.25) is 0 Å². The third kappa shape index (κ3) is 2.35. The topological polar surface area (TPSA) is 79.3 Å². The molecule has 0 saturated heterocycles. The number of amides is 1. The average Bonchev–Trinajstić information content (AvgIpc) is 3.04. The van der Waals surface area contributed by atoms with E-state index in [4.69, 9.17) is 0 Å². The molecule has 0 bridgehead atoms. The summed E-state index contributed by atoms with van der Waals surface area (Å²) in [7, 11) is 0. The number of carbonyl (C=O) groups excluding carboxylic acids is 1. The van der Waals surface area contributed by atoms with E-state index in [1.165, 1.54) is 10.6 Å². The van der Waals surface area contributed by atoms with Crippen molar-refractivity contribution < 1.29 is 4.79 Å². The maximum absolute atomic E-state index is 12.0. The molecule has 7 heteroatoms. The fourth-order valence-corrected chi connectivity index (χ4v) is 2.55. The van der Waals surface area contributed by atoms with Crippen molar-refractivity contribution in [2.45, 2.75) is 13.5 Å². The largest absolute Gasteiger partial charge is 0.346 e. The number of nitrogens with one attached hydrogen (secondary N) is 2. The minimum atomic E-state index is -0.292. The Morgan fingerprint density at radius 1 is 1.55 bits per heavy atom. The average molecular weight is 288 g/mol. The number of aryl methyl sites for hydroxylation is 1. The fourth-order valence-electron chi connectivity index (χ4n) is 1.90. The Morgan fingerprint density at radius 3 is 3.15 bits per heavy atom. The van der Waals surface area contributed by atoms with Crippen molar-refractivity contribution in [3.63, 3.8) is 0 Å². The van der Waals surface area contributed by atoms with Gasteiger partial charge < -0.3 is 10.3 Å². The SMILES string of the molecule is Cc1cn2nc(C(=O)NCc3cccs3)cc2c(=O)[nH]1. The zero-order valence-corrected chi connectivity index (χ0v) is 11.5. The van der Waals surface area contributed by atoms with Crippen LogP contribution >= 0.6 is 11.3 Å². The smallest absolute Gasteiger partial charge is 0.274 e. The molecule has 0 fully saturated rings. The van der Waals surface area contributed by atoms with Crippen molar-refractivity contribution in [1.29, 1.82) is 0 Å². The fraction of sp³-hybridized carbons (Fsp3) is 0.154. The van der Waals surface area contributed by atoms with Crippen LogP contribution in [0.25, 0.3) is 5.52 Å². The highest BCUT2D eigenvalue weighted by molar-refractivity contribution is 7.09. The summed E-state index contributed by atoms with van der Waals surface area (Å²) in [5.74, 6) is -0.292. The molecule has 0 saturated carbocycles. The van der Waals surface area contributed by atoms with Gasteiger partial charge in [0.2, 0.25) is 0 Å². The van der Waals surface area contributed by atoms with Gasteiger partial charge in [-0.1, -0.05) is 6.07 Å². The quantitative estimate of drug-likeness (QED) is 0.763. The number of aromatic nitrogens is 3.